The van der Waals surface area contributed by atoms with Gasteiger partial charge in [-0.1, -0.05) is 41.7 Å². The van der Waals surface area contributed by atoms with Crippen LogP contribution < -0.4 is 10.2 Å². The van der Waals surface area contributed by atoms with Crippen LogP contribution in [-0.2, 0) is 13.1 Å². The van der Waals surface area contributed by atoms with Crippen molar-refractivity contribution in [3.63, 3.8) is 0 Å². The maximum atomic E-state index is 4.70. The number of hydrogen-bond donors (Lipinski definition) is 1. The van der Waals surface area contributed by atoms with Crippen molar-refractivity contribution in [2.24, 2.45) is 5.10 Å². The summed E-state index contributed by atoms with van der Waals surface area (Å²) in [5, 5.41) is 5.93. The summed E-state index contributed by atoms with van der Waals surface area (Å²) < 4.78 is 5.75. The molecule has 2 heterocycles. The van der Waals surface area contributed by atoms with Crippen LogP contribution in [0.25, 0.3) is 21.1 Å². The smallest absolute Gasteiger partial charge is 0.209 e. The van der Waals surface area contributed by atoms with E-state index in [1.165, 1.54) is 21.1 Å². The summed E-state index contributed by atoms with van der Waals surface area (Å²) in [6.45, 7) is 6.12. The van der Waals surface area contributed by atoms with E-state index in [0.29, 0.717) is 0 Å². The molecule has 0 saturated carbocycles. The van der Waals surface area contributed by atoms with Gasteiger partial charge in [-0.15, -0.1) is 5.10 Å². The van der Waals surface area contributed by atoms with E-state index in [1.54, 1.807) is 11.3 Å². The molecule has 4 nitrogen and oxygen atoms in total. The number of aromatic nitrogens is 2. The van der Waals surface area contributed by atoms with Gasteiger partial charge < -0.3 is 9.13 Å². The van der Waals surface area contributed by atoms with Crippen LogP contribution in [0.4, 0.5) is 5.82 Å². The monoisotopic (exact) mass is 336 g/mol. The fourth-order valence-electron chi connectivity index (χ4n) is 3.16. The van der Waals surface area contributed by atoms with Gasteiger partial charge >= 0.3 is 0 Å². The number of nitrogens with one attached hydrogen (secondary N) is 1. The Labute approximate surface area is 144 Å². The minimum absolute atomic E-state index is 0.904. The fraction of sp³-hybridized carbons (Fsp3) is 0.211. The van der Waals surface area contributed by atoms with Crippen molar-refractivity contribution < 1.29 is 0 Å². The molecule has 1 N–H and O–H groups in total. The molecule has 0 aliphatic heterocycles. The lowest BCUT2D eigenvalue weighted by molar-refractivity contribution is 0.755. The molecule has 0 radical (unpaired) electrons. The van der Waals surface area contributed by atoms with Crippen LogP contribution in [0.3, 0.4) is 0 Å². The van der Waals surface area contributed by atoms with Crippen molar-refractivity contribution in [3.05, 3.63) is 59.4 Å². The Kier molecular flexibility index (Phi) is 3.86. The van der Waals surface area contributed by atoms with Crippen molar-refractivity contribution in [2.75, 3.05) is 5.43 Å². The van der Waals surface area contributed by atoms with Crippen molar-refractivity contribution >= 4 is 38.3 Å². The van der Waals surface area contributed by atoms with E-state index in [1.807, 2.05) is 0 Å². The van der Waals surface area contributed by atoms with Crippen LogP contribution in [0.1, 0.15) is 13.8 Å². The van der Waals surface area contributed by atoms with E-state index in [2.05, 4.69) is 83.0 Å². The van der Waals surface area contributed by atoms with Gasteiger partial charge in [-0.05, 0) is 38.1 Å². The van der Waals surface area contributed by atoms with E-state index in [-0.39, 0.29) is 0 Å². The molecule has 0 aliphatic carbocycles. The Hall–Kier alpha value is -2.53. The number of thiazole rings is 1. The van der Waals surface area contributed by atoms with E-state index >= 15 is 0 Å². The lowest BCUT2D eigenvalue weighted by Gasteiger charge is -2.06. The standard InChI is InChI=1S/C19H20N4S/c1-3-22-15-10-6-5-9-14(15)13-18(22)20-21-19-23(4-2)16-11-7-8-12-17(16)24-19/h5-13,20H,3-4H2,1-2H3. The van der Waals surface area contributed by atoms with Crippen LogP contribution in [0.15, 0.2) is 59.7 Å². The Balaban J connectivity index is 1.81. The lowest BCUT2D eigenvalue weighted by Crippen LogP contribution is -2.15. The Morgan fingerprint density at radius 1 is 0.917 bits per heavy atom. The van der Waals surface area contributed by atoms with E-state index < -0.39 is 0 Å². The number of rotatable bonds is 4. The Morgan fingerprint density at radius 3 is 2.42 bits per heavy atom. The van der Waals surface area contributed by atoms with Gasteiger partial charge in [0.05, 0.1) is 10.2 Å². The third-order valence-electron chi connectivity index (χ3n) is 4.30. The van der Waals surface area contributed by atoms with Crippen molar-refractivity contribution in [1.82, 2.24) is 9.13 Å². The first-order valence-electron chi connectivity index (χ1n) is 8.28. The highest BCUT2D eigenvalue weighted by Gasteiger charge is 2.07. The number of benzene rings is 2. The average Bonchev–Trinajstić information content (AvgIpc) is 3.16. The Bertz CT molecular complexity index is 1070. The van der Waals surface area contributed by atoms with Gasteiger partial charge in [0.1, 0.15) is 5.82 Å². The molecule has 24 heavy (non-hydrogen) atoms. The molecule has 0 spiro atoms. The minimum atomic E-state index is 0.904. The van der Waals surface area contributed by atoms with Crippen LogP contribution >= 0.6 is 11.3 Å². The summed E-state index contributed by atoms with van der Waals surface area (Å²) in [7, 11) is 0. The van der Waals surface area contributed by atoms with Gasteiger partial charge in [-0.25, -0.2) is 0 Å². The first-order valence-corrected chi connectivity index (χ1v) is 9.10. The maximum absolute atomic E-state index is 4.70. The second-order valence-corrected chi connectivity index (χ2v) is 6.66. The highest BCUT2D eigenvalue weighted by atomic mass is 32.1. The van der Waals surface area contributed by atoms with E-state index in [9.17, 15) is 0 Å². The largest absolute Gasteiger partial charge is 0.327 e. The van der Waals surface area contributed by atoms with Gasteiger partial charge in [0.15, 0.2) is 0 Å². The number of hydrogen-bond acceptors (Lipinski definition) is 3. The van der Waals surface area contributed by atoms with Gasteiger partial charge in [-0.3, -0.25) is 5.43 Å². The SMILES string of the molecule is CCn1c(NN=c2sc3ccccc3n2CC)cc2ccccc21. The molecule has 0 atom stereocenters. The minimum Gasteiger partial charge on any atom is -0.327 e. The molecule has 0 aliphatic rings. The molecule has 2 aromatic heterocycles. The van der Waals surface area contributed by atoms with Crippen LogP contribution in [0.2, 0.25) is 0 Å². The average molecular weight is 336 g/mol. The molecule has 4 rings (SSSR count). The molecule has 0 amide bonds. The zero-order chi connectivity index (χ0) is 16.5. The predicted octanol–water partition coefficient (Wildman–Crippen LogP) is 4.63. The molecule has 5 heteroatoms. The third-order valence-corrected chi connectivity index (χ3v) is 5.36. The summed E-state index contributed by atoms with van der Waals surface area (Å²) >= 11 is 1.71. The van der Waals surface area contributed by atoms with Crippen molar-refractivity contribution in [2.45, 2.75) is 26.9 Å². The Morgan fingerprint density at radius 2 is 1.62 bits per heavy atom. The normalized spacial score (nSPS) is 12.3. The quantitative estimate of drug-likeness (QED) is 0.542. The van der Waals surface area contributed by atoms with Crippen LogP contribution in [-0.4, -0.2) is 9.13 Å². The van der Waals surface area contributed by atoms with Crippen LogP contribution in [0, 0.1) is 0 Å². The molecule has 0 bridgehead atoms. The van der Waals surface area contributed by atoms with Crippen molar-refractivity contribution in [3.8, 4) is 0 Å². The number of fused-ring (bicyclic) bond motifs is 2. The first kappa shape index (κ1) is 15.0. The number of aryl methyl sites for hydroxylation is 2. The van der Waals surface area contributed by atoms with Gasteiger partial charge in [0.25, 0.3) is 0 Å². The fourth-order valence-corrected chi connectivity index (χ4v) is 4.22. The van der Waals surface area contributed by atoms with E-state index in [0.717, 1.165) is 23.7 Å². The summed E-state index contributed by atoms with van der Waals surface area (Å²) in [5.74, 6) is 1.03. The first-order chi connectivity index (χ1) is 11.8. The number of para-hydroxylation sites is 2. The van der Waals surface area contributed by atoms with Gasteiger partial charge in [0, 0.05) is 24.0 Å². The second-order valence-electron chi connectivity index (χ2n) is 5.65. The highest BCUT2D eigenvalue weighted by Crippen LogP contribution is 2.23. The number of anilines is 1. The molecular formula is C19H20N4S. The molecule has 0 saturated heterocycles. The lowest BCUT2D eigenvalue weighted by atomic mass is 10.2. The summed E-state index contributed by atoms with van der Waals surface area (Å²) in [5.41, 5.74) is 5.75. The third kappa shape index (κ3) is 2.41. The maximum Gasteiger partial charge on any atom is 0.209 e. The van der Waals surface area contributed by atoms with E-state index in [4.69, 9.17) is 5.10 Å². The predicted molar refractivity (Wildman–Crippen MR) is 102 cm³/mol. The molecule has 2 aromatic carbocycles. The summed E-state index contributed by atoms with van der Waals surface area (Å²) in [4.78, 5) is 0.992. The number of nitrogens with zero attached hydrogens (tertiary/aromatic N) is 3. The molecular weight excluding hydrogens is 316 g/mol. The topological polar surface area (TPSA) is 34.2 Å². The molecule has 122 valence electrons. The summed E-state index contributed by atoms with van der Waals surface area (Å²) in [6.07, 6.45) is 0. The highest BCUT2D eigenvalue weighted by molar-refractivity contribution is 7.16. The second kappa shape index (κ2) is 6.17. The zero-order valence-corrected chi connectivity index (χ0v) is 14.7. The van der Waals surface area contributed by atoms with Crippen LogP contribution in [0.5, 0.6) is 0 Å². The van der Waals surface area contributed by atoms with Gasteiger partial charge in [0.2, 0.25) is 4.80 Å². The van der Waals surface area contributed by atoms with Gasteiger partial charge in [-0.2, -0.15) is 0 Å². The van der Waals surface area contributed by atoms with Crippen molar-refractivity contribution in [1.29, 1.82) is 0 Å². The molecule has 4 aromatic rings. The molecule has 0 fully saturated rings. The zero-order valence-electron chi connectivity index (χ0n) is 13.9. The summed E-state index contributed by atoms with van der Waals surface area (Å²) in [6, 6.07) is 19.0. The molecule has 0 unspecified atom stereocenters.